The number of aromatic nitrogens is 1. The number of pyridine rings is 1. The number of hydrogen-bond acceptors (Lipinski definition) is 2. The summed E-state index contributed by atoms with van der Waals surface area (Å²) in [6, 6.07) is 8.32. The summed E-state index contributed by atoms with van der Waals surface area (Å²) in [5.41, 5.74) is 0.647. The van der Waals surface area contributed by atoms with Gasteiger partial charge in [0.1, 0.15) is 6.29 Å². The van der Waals surface area contributed by atoms with E-state index in [4.69, 9.17) is 0 Å². The second kappa shape index (κ2) is 4.59. The molecule has 0 aliphatic heterocycles. The molecule has 1 aromatic heterocycles. The Labute approximate surface area is 101 Å². The third-order valence-corrected chi connectivity index (χ3v) is 1.71. The van der Waals surface area contributed by atoms with Crippen LogP contribution in [0.4, 0.5) is 0 Å². The Kier molecular flexibility index (Phi) is 3.70. The van der Waals surface area contributed by atoms with Crippen molar-refractivity contribution in [1.82, 2.24) is 4.98 Å². The predicted molar refractivity (Wildman–Crippen MR) is 46.0 cm³/mol. The van der Waals surface area contributed by atoms with Crippen LogP contribution in [0.5, 0.6) is 0 Å². The molecule has 61 valence electrons. The second-order valence-corrected chi connectivity index (χ2v) is 2.51. The van der Waals surface area contributed by atoms with Crippen LogP contribution in [-0.4, -0.2) is 11.3 Å². The van der Waals surface area contributed by atoms with Gasteiger partial charge in [0.25, 0.3) is 0 Å². The van der Waals surface area contributed by atoms with E-state index in [-0.39, 0.29) is 32.7 Å². The molecule has 2 aromatic rings. The molecule has 13 heavy (non-hydrogen) atoms. The molecule has 0 saturated heterocycles. The van der Waals surface area contributed by atoms with Crippen molar-refractivity contribution in [3.8, 4) is 0 Å². The fraction of sp³-hybridized carbons (Fsp3) is 0. The average Bonchev–Trinajstić information content (AvgIpc) is 2.17. The molecule has 2 rings (SSSR count). The molecule has 0 spiro atoms. The molecular weight excluding hydrogens is 239 g/mol. The average molecular weight is 245 g/mol. The molecule has 0 saturated carbocycles. The van der Waals surface area contributed by atoms with Crippen molar-refractivity contribution >= 4 is 17.1 Å². The molecule has 0 bridgehead atoms. The van der Waals surface area contributed by atoms with E-state index in [9.17, 15) is 4.79 Å². The maximum Gasteiger partial charge on any atom is 0.109 e. The predicted octanol–water partition coefficient (Wildman–Crippen LogP) is 1.84. The summed E-state index contributed by atoms with van der Waals surface area (Å²) in [5, 5.41) is 1.93. The number of benzene rings is 1. The Bertz CT molecular complexity index is 428. The van der Waals surface area contributed by atoms with Crippen molar-refractivity contribution in [2.75, 3.05) is 0 Å². The molecular formula is C10H6NOY-. The van der Waals surface area contributed by atoms with E-state index < -0.39 is 0 Å². The first kappa shape index (κ1) is 10.5. The van der Waals surface area contributed by atoms with Gasteiger partial charge in [-0.3, -0.25) is 0 Å². The van der Waals surface area contributed by atoms with E-state index >= 15 is 0 Å². The minimum absolute atomic E-state index is 0. The number of nitrogens with zero attached hydrogens (tertiary/aromatic N) is 1. The zero-order valence-electron chi connectivity index (χ0n) is 6.90. The van der Waals surface area contributed by atoms with Crippen LogP contribution in [0.2, 0.25) is 0 Å². The Morgan fingerprint density at radius 3 is 3.08 bits per heavy atom. The van der Waals surface area contributed by atoms with Crippen LogP contribution in [0.25, 0.3) is 10.8 Å². The van der Waals surface area contributed by atoms with Crippen LogP contribution >= 0.6 is 0 Å². The zero-order chi connectivity index (χ0) is 8.39. The van der Waals surface area contributed by atoms with Gasteiger partial charge in [0.05, 0.1) is 0 Å². The monoisotopic (exact) mass is 245 g/mol. The van der Waals surface area contributed by atoms with Crippen LogP contribution in [0, 0.1) is 6.07 Å². The number of hydrogen-bond donors (Lipinski definition) is 0. The first-order chi connectivity index (χ1) is 5.90. The van der Waals surface area contributed by atoms with Crippen LogP contribution in [-0.2, 0) is 32.7 Å². The van der Waals surface area contributed by atoms with Gasteiger partial charge in [0, 0.05) is 38.9 Å². The van der Waals surface area contributed by atoms with Gasteiger partial charge in [0.2, 0.25) is 0 Å². The summed E-state index contributed by atoms with van der Waals surface area (Å²) in [6.45, 7) is 0. The Morgan fingerprint density at radius 1 is 1.46 bits per heavy atom. The smallest absolute Gasteiger partial charge is 0.109 e. The number of rotatable bonds is 1. The topological polar surface area (TPSA) is 30.0 Å². The summed E-state index contributed by atoms with van der Waals surface area (Å²) in [6.07, 6.45) is 4.24. The Morgan fingerprint density at radius 2 is 2.31 bits per heavy atom. The van der Waals surface area contributed by atoms with Crippen molar-refractivity contribution in [2.24, 2.45) is 0 Å². The Balaban J connectivity index is 0.000000845. The van der Waals surface area contributed by atoms with Gasteiger partial charge in [-0.2, -0.15) is 0 Å². The van der Waals surface area contributed by atoms with Crippen molar-refractivity contribution < 1.29 is 37.5 Å². The van der Waals surface area contributed by atoms with Gasteiger partial charge >= 0.3 is 0 Å². The summed E-state index contributed by atoms with van der Waals surface area (Å²) in [5.74, 6) is 0. The standard InChI is InChI=1S/C10H6NO.Y/c12-7-8-1-2-10-6-11-4-3-9(10)5-8;/h1,3-7H;/q-1;. The molecule has 0 aliphatic rings. The number of carbonyl (C=O) groups is 1. The number of aldehydes is 1. The third kappa shape index (κ3) is 2.20. The molecule has 1 aromatic carbocycles. The van der Waals surface area contributed by atoms with Gasteiger partial charge in [-0.1, -0.05) is 11.6 Å². The molecule has 1 heterocycles. The van der Waals surface area contributed by atoms with Gasteiger partial charge in [0.15, 0.2) is 0 Å². The molecule has 1 radical (unpaired) electrons. The first-order valence-electron chi connectivity index (χ1n) is 3.61. The number of carbonyl (C=O) groups excluding carboxylic acids is 1. The molecule has 0 amide bonds. The van der Waals surface area contributed by atoms with Crippen molar-refractivity contribution in [1.29, 1.82) is 0 Å². The summed E-state index contributed by atoms with van der Waals surface area (Å²) < 4.78 is 0. The van der Waals surface area contributed by atoms with Gasteiger partial charge < -0.3 is 9.78 Å². The van der Waals surface area contributed by atoms with Crippen molar-refractivity contribution in [3.05, 3.63) is 42.2 Å². The van der Waals surface area contributed by atoms with Crippen molar-refractivity contribution in [2.45, 2.75) is 0 Å². The summed E-state index contributed by atoms with van der Waals surface area (Å²) in [4.78, 5) is 14.4. The van der Waals surface area contributed by atoms with Crippen LogP contribution < -0.4 is 0 Å². The molecule has 0 N–H and O–H groups in total. The fourth-order valence-corrected chi connectivity index (χ4v) is 1.10. The fourth-order valence-electron chi connectivity index (χ4n) is 1.10. The molecule has 0 atom stereocenters. The largest absolute Gasteiger partial charge is 0.313 e. The summed E-state index contributed by atoms with van der Waals surface area (Å²) >= 11 is 0. The van der Waals surface area contributed by atoms with E-state index in [2.05, 4.69) is 11.1 Å². The molecule has 0 aliphatic carbocycles. The first-order valence-corrected chi connectivity index (χ1v) is 3.61. The van der Waals surface area contributed by atoms with Crippen molar-refractivity contribution in [3.63, 3.8) is 0 Å². The van der Waals surface area contributed by atoms with Crippen LogP contribution in [0.1, 0.15) is 10.4 Å². The number of fused-ring (bicyclic) bond motifs is 1. The van der Waals surface area contributed by atoms with Crippen LogP contribution in [0.3, 0.4) is 0 Å². The molecule has 0 unspecified atom stereocenters. The quantitative estimate of drug-likeness (QED) is 0.566. The van der Waals surface area contributed by atoms with E-state index in [0.717, 1.165) is 17.1 Å². The normalized spacial score (nSPS) is 9.23. The zero-order valence-corrected chi connectivity index (χ0v) is 9.74. The van der Waals surface area contributed by atoms with E-state index in [0.29, 0.717) is 5.56 Å². The molecule has 2 nitrogen and oxygen atoms in total. The molecule has 0 fully saturated rings. The minimum atomic E-state index is 0. The van der Waals surface area contributed by atoms with E-state index in [1.807, 2.05) is 12.1 Å². The van der Waals surface area contributed by atoms with E-state index in [1.54, 1.807) is 18.5 Å². The van der Waals surface area contributed by atoms with Gasteiger partial charge in [-0.25, -0.2) is 0 Å². The maximum atomic E-state index is 10.4. The Hall–Kier alpha value is -0.596. The third-order valence-electron chi connectivity index (χ3n) is 1.71. The minimum Gasteiger partial charge on any atom is -0.313 e. The molecule has 3 heteroatoms. The SMILES string of the molecule is O=Cc1c[c-]c2cnccc2c1.[Y]. The maximum absolute atomic E-state index is 10.4. The second-order valence-electron chi connectivity index (χ2n) is 2.51. The van der Waals surface area contributed by atoms with Gasteiger partial charge in [-0.05, 0) is 6.20 Å². The van der Waals surface area contributed by atoms with Gasteiger partial charge in [-0.15, -0.1) is 29.0 Å². The van der Waals surface area contributed by atoms with E-state index in [1.165, 1.54) is 0 Å². The van der Waals surface area contributed by atoms with Crippen LogP contribution in [0.15, 0.2) is 30.6 Å². The summed E-state index contributed by atoms with van der Waals surface area (Å²) in [7, 11) is 0.